The number of benzene rings is 1. The summed E-state index contributed by atoms with van der Waals surface area (Å²) in [6, 6.07) is 5.05. The van der Waals surface area contributed by atoms with Crippen LogP contribution in [0.2, 0.25) is 15.1 Å². The van der Waals surface area contributed by atoms with Gasteiger partial charge in [-0.05, 0) is 32.9 Å². The molecule has 0 radical (unpaired) electrons. The van der Waals surface area contributed by atoms with Crippen molar-refractivity contribution < 1.29 is 9.59 Å². The number of aromatic nitrogens is 2. The van der Waals surface area contributed by atoms with Crippen molar-refractivity contribution in [2.24, 2.45) is 5.41 Å². The molecule has 1 heterocycles. The van der Waals surface area contributed by atoms with E-state index >= 15 is 0 Å². The molecule has 0 spiro atoms. The average Bonchev–Trinajstić information content (AvgIpc) is 2.95. The molecule has 9 heteroatoms. The molecule has 6 nitrogen and oxygen atoms in total. The van der Waals surface area contributed by atoms with Crippen LogP contribution in [0.1, 0.15) is 26.3 Å². The lowest BCUT2D eigenvalue weighted by atomic mass is 9.88. The molecule has 0 unspecified atom stereocenters. The van der Waals surface area contributed by atoms with E-state index in [0.29, 0.717) is 5.69 Å². The van der Waals surface area contributed by atoms with Crippen LogP contribution in [0.4, 0.5) is 5.82 Å². The second kappa shape index (κ2) is 7.04. The van der Waals surface area contributed by atoms with E-state index in [1.165, 1.54) is 37.7 Å². The molecule has 1 N–H and O–H groups in total. The highest BCUT2D eigenvalue weighted by molar-refractivity contribution is 6.48. The van der Waals surface area contributed by atoms with Crippen LogP contribution in [0.15, 0.2) is 18.3 Å². The standard InChI is InChI=1S/C16H13Cl3N4O2/c1-8(24)16(2,3)15(25)21-14-9(6-20)7-23(22-14)11-5-4-10(17)12(18)13(11)19/h4-5,7H,1-3H3,(H,21,22,25). The molecule has 0 aliphatic heterocycles. The van der Waals surface area contributed by atoms with Gasteiger partial charge in [0.15, 0.2) is 5.82 Å². The second-order valence-electron chi connectivity index (χ2n) is 5.78. The summed E-state index contributed by atoms with van der Waals surface area (Å²) in [6.45, 7) is 4.30. The lowest BCUT2D eigenvalue weighted by molar-refractivity contribution is -0.135. The van der Waals surface area contributed by atoms with Crippen molar-refractivity contribution in [3.63, 3.8) is 0 Å². The third-order valence-corrected chi connectivity index (χ3v) is 5.06. The minimum absolute atomic E-state index is 0.0176. The Morgan fingerprint density at radius 1 is 1.24 bits per heavy atom. The summed E-state index contributed by atoms with van der Waals surface area (Å²) in [5.41, 5.74) is -0.758. The van der Waals surface area contributed by atoms with E-state index in [4.69, 9.17) is 34.8 Å². The smallest absolute Gasteiger partial charge is 0.238 e. The molecule has 2 aromatic rings. The molecule has 0 atom stereocenters. The third-order valence-electron chi connectivity index (χ3n) is 3.78. The molecule has 25 heavy (non-hydrogen) atoms. The molecular formula is C16H13Cl3N4O2. The molecule has 0 aliphatic rings. The van der Waals surface area contributed by atoms with Crippen molar-refractivity contribution >= 4 is 52.3 Å². The van der Waals surface area contributed by atoms with Gasteiger partial charge < -0.3 is 5.32 Å². The van der Waals surface area contributed by atoms with Crippen LogP contribution in [-0.2, 0) is 9.59 Å². The summed E-state index contributed by atoms with van der Waals surface area (Å²) in [5, 5.41) is 16.5. The highest BCUT2D eigenvalue weighted by Gasteiger charge is 2.33. The fraction of sp³-hybridized carbons (Fsp3) is 0.250. The fourth-order valence-electron chi connectivity index (χ4n) is 1.79. The molecule has 0 bridgehead atoms. The number of rotatable bonds is 4. The molecule has 0 saturated carbocycles. The number of hydrogen-bond acceptors (Lipinski definition) is 4. The van der Waals surface area contributed by atoms with Crippen molar-refractivity contribution in [1.82, 2.24) is 9.78 Å². The first-order valence-electron chi connectivity index (χ1n) is 7.05. The summed E-state index contributed by atoms with van der Waals surface area (Å²) < 4.78 is 1.31. The number of nitriles is 1. The van der Waals surface area contributed by atoms with Gasteiger partial charge in [0.05, 0.1) is 27.0 Å². The van der Waals surface area contributed by atoms with E-state index in [2.05, 4.69) is 10.4 Å². The van der Waals surface area contributed by atoms with Crippen molar-refractivity contribution in [1.29, 1.82) is 5.26 Å². The highest BCUT2D eigenvalue weighted by atomic mass is 35.5. The quantitative estimate of drug-likeness (QED) is 0.614. The lowest BCUT2D eigenvalue weighted by Gasteiger charge is -2.19. The number of Topliss-reactive ketones (excluding diaryl/α,β-unsaturated/α-hetero) is 1. The van der Waals surface area contributed by atoms with E-state index in [-0.39, 0.29) is 32.2 Å². The zero-order valence-electron chi connectivity index (χ0n) is 13.5. The summed E-state index contributed by atoms with van der Waals surface area (Å²) in [4.78, 5) is 23.9. The first kappa shape index (κ1) is 19.3. The maximum absolute atomic E-state index is 12.3. The van der Waals surface area contributed by atoms with Crippen LogP contribution >= 0.6 is 34.8 Å². The maximum atomic E-state index is 12.3. The fourth-order valence-corrected chi connectivity index (χ4v) is 2.40. The van der Waals surface area contributed by atoms with Gasteiger partial charge in [0.1, 0.15) is 22.8 Å². The van der Waals surface area contributed by atoms with E-state index in [1.807, 2.05) is 6.07 Å². The number of ketones is 1. The van der Waals surface area contributed by atoms with Crippen molar-refractivity contribution in [3.05, 3.63) is 39.0 Å². The predicted octanol–water partition coefficient (Wildman–Crippen LogP) is 4.26. The Balaban J connectivity index is 2.45. The normalized spacial score (nSPS) is 11.1. The lowest BCUT2D eigenvalue weighted by Crippen LogP contribution is -2.36. The molecule has 1 aromatic carbocycles. The molecule has 130 valence electrons. The number of hydrogen-bond donors (Lipinski definition) is 1. The Bertz CT molecular complexity index is 913. The zero-order valence-corrected chi connectivity index (χ0v) is 15.8. The number of carbonyl (C=O) groups is 2. The van der Waals surface area contributed by atoms with Crippen molar-refractivity contribution in [2.45, 2.75) is 20.8 Å². The van der Waals surface area contributed by atoms with Crippen LogP contribution in [-0.4, -0.2) is 21.5 Å². The molecule has 0 fully saturated rings. The highest BCUT2D eigenvalue weighted by Crippen LogP contribution is 2.35. The van der Waals surface area contributed by atoms with E-state index in [0.717, 1.165) is 0 Å². The van der Waals surface area contributed by atoms with Gasteiger partial charge in [-0.2, -0.15) is 5.26 Å². The van der Waals surface area contributed by atoms with E-state index < -0.39 is 11.3 Å². The van der Waals surface area contributed by atoms with Gasteiger partial charge in [-0.25, -0.2) is 4.68 Å². The Kier molecular flexibility index (Phi) is 5.43. The maximum Gasteiger partial charge on any atom is 0.238 e. The van der Waals surface area contributed by atoms with Crippen LogP contribution in [0.3, 0.4) is 0 Å². The number of nitrogens with one attached hydrogen (secondary N) is 1. The van der Waals surface area contributed by atoms with Gasteiger partial charge in [-0.3, -0.25) is 9.59 Å². The van der Waals surface area contributed by atoms with Gasteiger partial charge in [-0.15, -0.1) is 5.10 Å². The molecule has 0 saturated heterocycles. The molecular weight excluding hydrogens is 387 g/mol. The molecule has 1 aromatic heterocycles. The first-order valence-corrected chi connectivity index (χ1v) is 8.19. The van der Waals surface area contributed by atoms with Gasteiger partial charge in [0.2, 0.25) is 5.91 Å². The Hall–Kier alpha value is -2.07. The van der Waals surface area contributed by atoms with Crippen molar-refractivity contribution in [3.8, 4) is 11.8 Å². The number of anilines is 1. The first-order chi connectivity index (χ1) is 11.6. The van der Waals surface area contributed by atoms with Gasteiger partial charge >= 0.3 is 0 Å². The predicted molar refractivity (Wildman–Crippen MR) is 96.4 cm³/mol. The summed E-state index contributed by atoms with van der Waals surface area (Å²) in [6.07, 6.45) is 1.39. The van der Waals surface area contributed by atoms with Gasteiger partial charge in [0, 0.05) is 0 Å². The average molecular weight is 400 g/mol. The molecule has 0 aliphatic carbocycles. The molecule has 1 amide bonds. The number of nitrogens with zero attached hydrogens (tertiary/aromatic N) is 3. The van der Waals surface area contributed by atoms with Crippen LogP contribution in [0.25, 0.3) is 5.69 Å². The van der Waals surface area contributed by atoms with E-state index in [9.17, 15) is 14.9 Å². The van der Waals surface area contributed by atoms with Crippen molar-refractivity contribution in [2.75, 3.05) is 5.32 Å². The van der Waals surface area contributed by atoms with Gasteiger partial charge in [0.25, 0.3) is 0 Å². The minimum atomic E-state index is -1.25. The summed E-state index contributed by atoms with van der Waals surface area (Å²) >= 11 is 18.1. The van der Waals surface area contributed by atoms with Crippen LogP contribution < -0.4 is 5.32 Å². The van der Waals surface area contributed by atoms with Gasteiger partial charge in [-0.1, -0.05) is 34.8 Å². The second-order valence-corrected chi connectivity index (χ2v) is 6.94. The summed E-state index contributed by atoms with van der Waals surface area (Å²) in [7, 11) is 0. The Morgan fingerprint density at radius 3 is 2.44 bits per heavy atom. The molecule has 2 rings (SSSR count). The largest absolute Gasteiger partial charge is 0.307 e. The number of carbonyl (C=O) groups excluding carboxylic acids is 2. The Labute approximate surface area is 159 Å². The van der Waals surface area contributed by atoms with Crippen LogP contribution in [0, 0.1) is 16.7 Å². The number of halogens is 3. The van der Waals surface area contributed by atoms with E-state index in [1.54, 1.807) is 6.07 Å². The number of amides is 1. The zero-order chi connectivity index (χ0) is 18.9. The van der Waals surface area contributed by atoms with Crippen LogP contribution in [0.5, 0.6) is 0 Å². The SMILES string of the molecule is CC(=O)C(C)(C)C(=O)Nc1nn(-c2ccc(Cl)c(Cl)c2Cl)cc1C#N. The monoisotopic (exact) mass is 398 g/mol. The minimum Gasteiger partial charge on any atom is -0.307 e. The Morgan fingerprint density at radius 2 is 1.88 bits per heavy atom. The third kappa shape index (κ3) is 3.64. The summed E-state index contributed by atoms with van der Waals surface area (Å²) in [5.74, 6) is -0.860. The topological polar surface area (TPSA) is 87.8 Å².